The summed E-state index contributed by atoms with van der Waals surface area (Å²) in [5.41, 5.74) is 0.354. The van der Waals surface area contributed by atoms with Crippen LogP contribution in [0.4, 0.5) is 8.78 Å². The van der Waals surface area contributed by atoms with Crippen molar-refractivity contribution in [1.82, 2.24) is 15.2 Å². The van der Waals surface area contributed by atoms with E-state index in [0.717, 1.165) is 5.39 Å². The van der Waals surface area contributed by atoms with Crippen molar-refractivity contribution < 1.29 is 18.4 Å². The Balaban J connectivity index is 1.45. The molecule has 2 atom stereocenters. The number of nitrogens with one attached hydrogen (secondary N) is 2. The first-order valence-corrected chi connectivity index (χ1v) is 9.29. The Morgan fingerprint density at radius 1 is 1.39 bits per heavy atom. The summed E-state index contributed by atoms with van der Waals surface area (Å²) in [6.07, 6.45) is 0.509. The molecule has 4 rings (SSSR count). The van der Waals surface area contributed by atoms with Gasteiger partial charge in [-0.3, -0.25) is 9.59 Å². The van der Waals surface area contributed by atoms with E-state index >= 15 is 0 Å². The highest BCUT2D eigenvalue weighted by Crippen LogP contribution is 2.65. The van der Waals surface area contributed by atoms with Crippen LogP contribution < -0.4 is 5.32 Å². The van der Waals surface area contributed by atoms with Crippen LogP contribution in [0.5, 0.6) is 0 Å². The molecule has 6 nitrogen and oxygen atoms in total. The Morgan fingerprint density at radius 2 is 2.14 bits per heavy atom. The van der Waals surface area contributed by atoms with Crippen LogP contribution >= 0.6 is 0 Å². The Hall–Kier alpha value is -2.95. The van der Waals surface area contributed by atoms with E-state index in [4.69, 9.17) is 5.26 Å². The summed E-state index contributed by atoms with van der Waals surface area (Å²) in [7, 11) is 0. The van der Waals surface area contributed by atoms with Gasteiger partial charge in [0.25, 0.3) is 11.8 Å². The molecule has 0 unspecified atom stereocenters. The molecule has 1 aromatic carbocycles. The van der Waals surface area contributed by atoms with Gasteiger partial charge in [-0.05, 0) is 31.0 Å². The van der Waals surface area contributed by atoms with Crippen LogP contribution in [0.25, 0.3) is 10.9 Å². The van der Waals surface area contributed by atoms with Gasteiger partial charge in [0, 0.05) is 30.4 Å². The first-order chi connectivity index (χ1) is 13.3. The fourth-order valence-electron chi connectivity index (χ4n) is 4.00. The number of aromatic nitrogens is 1. The number of nitriles is 1. The summed E-state index contributed by atoms with van der Waals surface area (Å²) in [6, 6.07) is 7.97. The summed E-state index contributed by atoms with van der Waals surface area (Å²) in [4.78, 5) is 29.7. The number of amides is 2. The quantitative estimate of drug-likeness (QED) is 0.847. The Labute approximate surface area is 160 Å². The lowest BCUT2D eigenvalue weighted by Gasteiger charge is -2.23. The Bertz CT molecular complexity index is 1010. The van der Waals surface area contributed by atoms with E-state index in [9.17, 15) is 18.4 Å². The molecular formula is C20H20F2N4O2. The molecule has 2 aliphatic rings. The number of hydrogen-bond acceptors (Lipinski definition) is 3. The number of alkyl halides is 2. The highest BCUT2D eigenvalue weighted by Gasteiger charge is 2.73. The molecular weight excluding hydrogens is 366 g/mol. The maximum atomic E-state index is 13.6. The fourth-order valence-corrected chi connectivity index (χ4v) is 4.00. The molecule has 8 heteroatoms. The predicted octanol–water partition coefficient (Wildman–Crippen LogP) is 2.81. The van der Waals surface area contributed by atoms with Crippen molar-refractivity contribution in [2.45, 2.75) is 38.2 Å². The van der Waals surface area contributed by atoms with E-state index in [1.165, 1.54) is 4.90 Å². The molecule has 2 amide bonds. The van der Waals surface area contributed by atoms with Gasteiger partial charge >= 0.3 is 0 Å². The zero-order valence-corrected chi connectivity index (χ0v) is 15.4. The van der Waals surface area contributed by atoms with Gasteiger partial charge in [0.1, 0.15) is 11.7 Å². The topological polar surface area (TPSA) is 89.0 Å². The maximum Gasteiger partial charge on any atom is 0.268 e. The lowest BCUT2D eigenvalue weighted by Crippen LogP contribution is -2.47. The van der Waals surface area contributed by atoms with Gasteiger partial charge in [0.2, 0.25) is 5.91 Å². The van der Waals surface area contributed by atoms with E-state index in [1.54, 1.807) is 31.2 Å². The molecule has 1 spiro atoms. The van der Waals surface area contributed by atoms with Gasteiger partial charge in [-0.2, -0.15) is 5.26 Å². The van der Waals surface area contributed by atoms with Gasteiger partial charge < -0.3 is 15.2 Å². The zero-order valence-electron chi connectivity index (χ0n) is 15.4. The molecule has 0 radical (unpaired) electrons. The maximum absolute atomic E-state index is 13.6. The van der Waals surface area contributed by atoms with Gasteiger partial charge in [0.05, 0.1) is 17.0 Å². The van der Waals surface area contributed by atoms with Gasteiger partial charge in [0.15, 0.2) is 0 Å². The van der Waals surface area contributed by atoms with Crippen molar-refractivity contribution in [3.8, 4) is 6.07 Å². The molecule has 2 N–H and O–H groups in total. The van der Waals surface area contributed by atoms with Crippen molar-refractivity contribution in [2.24, 2.45) is 5.41 Å². The summed E-state index contributed by atoms with van der Waals surface area (Å²) < 4.78 is 27.1. The second-order valence-corrected chi connectivity index (χ2v) is 7.70. The van der Waals surface area contributed by atoms with E-state index in [1.807, 2.05) is 6.07 Å². The number of benzene rings is 1. The number of hydrogen-bond donors (Lipinski definition) is 2. The summed E-state index contributed by atoms with van der Waals surface area (Å²) in [5.74, 6) is -3.45. The van der Waals surface area contributed by atoms with E-state index in [-0.39, 0.29) is 24.6 Å². The highest BCUT2D eigenvalue weighted by atomic mass is 19.3. The van der Waals surface area contributed by atoms with E-state index < -0.39 is 23.3 Å². The summed E-state index contributed by atoms with van der Waals surface area (Å²) in [5, 5.41) is 12.5. The Kier molecular flexibility index (Phi) is 4.14. The molecule has 146 valence electrons. The Morgan fingerprint density at radius 3 is 2.75 bits per heavy atom. The summed E-state index contributed by atoms with van der Waals surface area (Å²) >= 11 is 0. The number of carbonyl (C=O) groups is 2. The molecule has 2 heterocycles. The molecule has 1 aliphatic heterocycles. The SMILES string of the molecule is CC[C@@H](NC(=O)c1cc2ccc(C#N)cc2[nH]1)C(=O)N1CC[C@]2(C1)CC2(F)F. The van der Waals surface area contributed by atoms with Crippen molar-refractivity contribution in [2.75, 3.05) is 13.1 Å². The minimum Gasteiger partial charge on any atom is -0.350 e. The third kappa shape index (κ3) is 2.91. The molecule has 1 saturated carbocycles. The predicted molar refractivity (Wildman–Crippen MR) is 97.8 cm³/mol. The second kappa shape index (κ2) is 6.30. The van der Waals surface area contributed by atoms with E-state index in [2.05, 4.69) is 10.3 Å². The van der Waals surface area contributed by atoms with Gasteiger partial charge in [-0.1, -0.05) is 13.0 Å². The number of aromatic amines is 1. The monoisotopic (exact) mass is 386 g/mol. The van der Waals surface area contributed by atoms with Crippen LogP contribution in [0.15, 0.2) is 24.3 Å². The first-order valence-electron chi connectivity index (χ1n) is 9.29. The third-order valence-electron chi connectivity index (χ3n) is 5.88. The highest BCUT2D eigenvalue weighted by molar-refractivity contribution is 6.00. The second-order valence-electron chi connectivity index (χ2n) is 7.70. The average Bonchev–Trinajstić information content (AvgIpc) is 3.06. The summed E-state index contributed by atoms with van der Waals surface area (Å²) in [6.45, 7) is 2.11. The molecule has 1 aliphatic carbocycles. The van der Waals surface area contributed by atoms with Crippen molar-refractivity contribution in [3.63, 3.8) is 0 Å². The first kappa shape index (κ1) is 18.4. The smallest absolute Gasteiger partial charge is 0.268 e. The largest absolute Gasteiger partial charge is 0.350 e. The number of nitrogens with zero attached hydrogens (tertiary/aromatic N) is 2. The van der Waals surface area contributed by atoms with Crippen LogP contribution in [-0.2, 0) is 4.79 Å². The van der Waals surface area contributed by atoms with Gasteiger partial charge in [-0.15, -0.1) is 0 Å². The van der Waals surface area contributed by atoms with Crippen LogP contribution in [0.1, 0.15) is 42.2 Å². The van der Waals surface area contributed by atoms with Crippen LogP contribution in [0.2, 0.25) is 0 Å². The fraction of sp³-hybridized carbons (Fsp3) is 0.450. The molecule has 2 aromatic rings. The van der Waals surface area contributed by atoms with Crippen molar-refractivity contribution >= 4 is 22.7 Å². The lowest BCUT2D eigenvalue weighted by atomic mass is 10.1. The lowest BCUT2D eigenvalue weighted by molar-refractivity contribution is -0.132. The molecule has 0 bridgehead atoms. The number of H-pyrrole nitrogens is 1. The number of halogens is 2. The third-order valence-corrected chi connectivity index (χ3v) is 5.88. The van der Waals surface area contributed by atoms with Crippen molar-refractivity contribution in [1.29, 1.82) is 5.26 Å². The number of likely N-dealkylation sites (tertiary alicyclic amines) is 1. The minimum atomic E-state index is -2.68. The molecule has 1 aromatic heterocycles. The zero-order chi connectivity index (χ0) is 20.1. The van der Waals surface area contributed by atoms with Crippen molar-refractivity contribution in [3.05, 3.63) is 35.5 Å². The standard InChI is InChI=1S/C20H20F2N4O2/c1-2-14(18(28)26-6-5-19(11-26)10-20(19,21)22)25-17(27)16-8-13-4-3-12(9-23)7-15(13)24-16/h3-4,7-8,14,24H,2,5-6,10-11H2,1H3,(H,25,27)/t14-,19-/m1/s1. The molecule has 28 heavy (non-hydrogen) atoms. The molecule has 2 fully saturated rings. The van der Waals surface area contributed by atoms with E-state index in [0.29, 0.717) is 30.5 Å². The number of fused-ring (bicyclic) bond motifs is 1. The molecule has 1 saturated heterocycles. The number of carbonyl (C=O) groups excluding carboxylic acids is 2. The average molecular weight is 386 g/mol. The van der Waals surface area contributed by atoms with Crippen LogP contribution in [0, 0.1) is 16.7 Å². The minimum absolute atomic E-state index is 0.0501. The number of rotatable bonds is 4. The van der Waals surface area contributed by atoms with Gasteiger partial charge in [-0.25, -0.2) is 8.78 Å². The van der Waals surface area contributed by atoms with Crippen LogP contribution in [0.3, 0.4) is 0 Å². The normalized spacial score (nSPS) is 23.6. The van der Waals surface area contributed by atoms with Crippen LogP contribution in [-0.4, -0.2) is 46.8 Å².